The molecule has 138 valence electrons. The van der Waals surface area contributed by atoms with Crippen molar-refractivity contribution in [3.05, 3.63) is 65.2 Å². The summed E-state index contributed by atoms with van der Waals surface area (Å²) < 4.78 is 10.2. The van der Waals surface area contributed by atoms with Crippen LogP contribution in [0.4, 0.5) is 0 Å². The number of ether oxygens (including phenoxy) is 2. The van der Waals surface area contributed by atoms with Gasteiger partial charge in [0, 0.05) is 18.1 Å². The highest BCUT2D eigenvalue weighted by Gasteiger charge is 2.17. The maximum atomic E-state index is 12.6. The first kappa shape index (κ1) is 19.8. The van der Waals surface area contributed by atoms with Crippen molar-refractivity contribution in [3.8, 4) is 5.75 Å². The van der Waals surface area contributed by atoms with Crippen LogP contribution in [0.15, 0.2) is 54.6 Å². The fourth-order valence-electron chi connectivity index (χ4n) is 2.38. The highest BCUT2D eigenvalue weighted by Crippen LogP contribution is 2.18. The SMILES string of the molecule is COC(=O)CCN(Cc1ccccc1Cl)C(=O)CCOc1ccccc1. The summed E-state index contributed by atoms with van der Waals surface area (Å²) in [5.41, 5.74) is 0.830. The maximum Gasteiger partial charge on any atom is 0.307 e. The van der Waals surface area contributed by atoms with Crippen molar-refractivity contribution in [3.63, 3.8) is 0 Å². The van der Waals surface area contributed by atoms with E-state index in [4.69, 9.17) is 16.3 Å². The van der Waals surface area contributed by atoms with Gasteiger partial charge in [0.25, 0.3) is 0 Å². The van der Waals surface area contributed by atoms with Gasteiger partial charge < -0.3 is 14.4 Å². The zero-order valence-corrected chi connectivity index (χ0v) is 15.4. The van der Waals surface area contributed by atoms with Gasteiger partial charge in [0.15, 0.2) is 0 Å². The molecular weight excluding hydrogens is 354 g/mol. The van der Waals surface area contributed by atoms with Gasteiger partial charge in [0.1, 0.15) is 5.75 Å². The van der Waals surface area contributed by atoms with E-state index in [0.717, 1.165) is 5.56 Å². The summed E-state index contributed by atoms with van der Waals surface area (Å²) in [7, 11) is 1.33. The molecule has 0 unspecified atom stereocenters. The molecule has 0 aromatic heterocycles. The number of halogens is 1. The fraction of sp³-hybridized carbons (Fsp3) is 0.300. The van der Waals surface area contributed by atoms with Crippen LogP contribution >= 0.6 is 11.6 Å². The van der Waals surface area contributed by atoms with Crippen LogP contribution in [0.1, 0.15) is 18.4 Å². The summed E-state index contributed by atoms with van der Waals surface area (Å²) in [5, 5.41) is 0.587. The molecule has 0 N–H and O–H groups in total. The zero-order valence-electron chi connectivity index (χ0n) is 14.7. The van der Waals surface area contributed by atoms with Gasteiger partial charge in [-0.25, -0.2) is 0 Å². The summed E-state index contributed by atoms with van der Waals surface area (Å²) in [4.78, 5) is 25.7. The van der Waals surface area contributed by atoms with Crippen molar-refractivity contribution in [1.82, 2.24) is 4.90 Å². The maximum absolute atomic E-state index is 12.6. The lowest BCUT2D eigenvalue weighted by molar-refractivity contribution is -0.142. The second-order valence-corrected chi connectivity index (χ2v) is 6.05. The van der Waals surface area contributed by atoms with Crippen LogP contribution in [0.2, 0.25) is 5.02 Å². The Morgan fingerprint density at radius 3 is 2.38 bits per heavy atom. The van der Waals surface area contributed by atoms with E-state index in [1.807, 2.05) is 48.5 Å². The Kier molecular flexibility index (Phi) is 7.96. The Hall–Kier alpha value is -2.53. The number of rotatable bonds is 9. The minimum atomic E-state index is -0.359. The highest BCUT2D eigenvalue weighted by atomic mass is 35.5. The number of amides is 1. The number of hydrogen-bond acceptors (Lipinski definition) is 4. The van der Waals surface area contributed by atoms with Crippen LogP contribution in [-0.4, -0.2) is 37.0 Å². The number of carbonyl (C=O) groups excluding carboxylic acids is 2. The van der Waals surface area contributed by atoms with E-state index in [-0.39, 0.29) is 37.9 Å². The smallest absolute Gasteiger partial charge is 0.307 e. The normalized spacial score (nSPS) is 10.2. The Morgan fingerprint density at radius 1 is 1.00 bits per heavy atom. The Bertz CT molecular complexity index is 721. The molecule has 0 atom stereocenters. The Morgan fingerprint density at radius 2 is 1.69 bits per heavy atom. The van der Waals surface area contributed by atoms with Gasteiger partial charge in [-0.05, 0) is 23.8 Å². The largest absolute Gasteiger partial charge is 0.493 e. The predicted octanol–water partition coefficient (Wildman–Crippen LogP) is 3.70. The van der Waals surface area contributed by atoms with E-state index < -0.39 is 0 Å². The highest BCUT2D eigenvalue weighted by molar-refractivity contribution is 6.31. The zero-order chi connectivity index (χ0) is 18.8. The number of carbonyl (C=O) groups is 2. The summed E-state index contributed by atoms with van der Waals surface area (Å²) in [6, 6.07) is 16.7. The third-order valence-electron chi connectivity index (χ3n) is 3.81. The van der Waals surface area contributed by atoms with E-state index in [0.29, 0.717) is 17.3 Å². The molecule has 0 aliphatic rings. The van der Waals surface area contributed by atoms with Gasteiger partial charge in [-0.15, -0.1) is 0 Å². The van der Waals surface area contributed by atoms with Gasteiger partial charge >= 0.3 is 5.97 Å². The number of hydrogen-bond donors (Lipinski definition) is 0. The van der Waals surface area contributed by atoms with Gasteiger partial charge in [-0.1, -0.05) is 48.0 Å². The number of nitrogens with zero attached hydrogens (tertiary/aromatic N) is 1. The van der Waals surface area contributed by atoms with Crippen LogP contribution in [0.3, 0.4) is 0 Å². The van der Waals surface area contributed by atoms with Gasteiger partial charge in [0.05, 0.1) is 26.6 Å². The molecule has 2 aromatic carbocycles. The molecule has 2 aromatic rings. The molecule has 5 nitrogen and oxygen atoms in total. The number of esters is 1. The lowest BCUT2D eigenvalue weighted by Gasteiger charge is -2.23. The van der Waals surface area contributed by atoms with Gasteiger partial charge in [0.2, 0.25) is 5.91 Å². The van der Waals surface area contributed by atoms with Crippen molar-refractivity contribution in [2.75, 3.05) is 20.3 Å². The van der Waals surface area contributed by atoms with E-state index in [1.54, 1.807) is 11.0 Å². The molecule has 0 aliphatic heterocycles. The second-order valence-electron chi connectivity index (χ2n) is 5.64. The van der Waals surface area contributed by atoms with E-state index in [9.17, 15) is 9.59 Å². The molecule has 0 radical (unpaired) electrons. The van der Waals surface area contributed by atoms with Crippen LogP contribution < -0.4 is 4.74 Å². The number of benzene rings is 2. The Balaban J connectivity index is 1.95. The molecule has 0 bridgehead atoms. The van der Waals surface area contributed by atoms with Gasteiger partial charge in [-0.2, -0.15) is 0 Å². The van der Waals surface area contributed by atoms with Crippen molar-refractivity contribution < 1.29 is 19.1 Å². The van der Waals surface area contributed by atoms with E-state index >= 15 is 0 Å². The molecule has 0 heterocycles. The summed E-state index contributed by atoms with van der Waals surface area (Å²) in [6.45, 7) is 0.864. The molecule has 1 amide bonds. The van der Waals surface area contributed by atoms with Crippen LogP contribution in [0, 0.1) is 0 Å². The van der Waals surface area contributed by atoms with Crippen LogP contribution in [-0.2, 0) is 20.9 Å². The first-order valence-corrected chi connectivity index (χ1v) is 8.74. The average Bonchev–Trinajstić information content (AvgIpc) is 2.67. The molecule has 0 saturated heterocycles. The molecule has 26 heavy (non-hydrogen) atoms. The van der Waals surface area contributed by atoms with E-state index in [1.165, 1.54) is 7.11 Å². The molecule has 2 rings (SSSR count). The van der Waals surface area contributed by atoms with Crippen molar-refractivity contribution in [1.29, 1.82) is 0 Å². The third-order valence-corrected chi connectivity index (χ3v) is 4.18. The molecule has 0 saturated carbocycles. The topological polar surface area (TPSA) is 55.8 Å². The average molecular weight is 376 g/mol. The monoisotopic (exact) mass is 375 g/mol. The van der Waals surface area contributed by atoms with Crippen molar-refractivity contribution in [2.45, 2.75) is 19.4 Å². The second kappa shape index (κ2) is 10.5. The fourth-order valence-corrected chi connectivity index (χ4v) is 2.58. The molecule has 0 fully saturated rings. The lowest BCUT2D eigenvalue weighted by atomic mass is 10.2. The lowest BCUT2D eigenvalue weighted by Crippen LogP contribution is -2.33. The third kappa shape index (κ3) is 6.41. The minimum Gasteiger partial charge on any atom is -0.493 e. The van der Waals surface area contributed by atoms with E-state index in [2.05, 4.69) is 4.74 Å². The number of methoxy groups -OCH3 is 1. The molecule has 0 aliphatic carbocycles. The predicted molar refractivity (Wildman–Crippen MR) is 100 cm³/mol. The van der Waals surface area contributed by atoms with Gasteiger partial charge in [-0.3, -0.25) is 9.59 Å². The number of para-hydroxylation sites is 1. The summed E-state index contributed by atoms with van der Waals surface area (Å²) in [5.74, 6) is 0.250. The van der Waals surface area contributed by atoms with Crippen molar-refractivity contribution >= 4 is 23.5 Å². The van der Waals surface area contributed by atoms with Crippen molar-refractivity contribution in [2.24, 2.45) is 0 Å². The quantitative estimate of drug-likeness (QED) is 0.627. The van der Waals surface area contributed by atoms with Crippen LogP contribution in [0.5, 0.6) is 5.75 Å². The minimum absolute atomic E-state index is 0.107. The standard InChI is InChI=1S/C20H22ClNO4/c1-25-20(24)11-13-22(15-16-7-5-6-10-18(16)21)19(23)12-14-26-17-8-3-2-4-9-17/h2-10H,11-15H2,1H3. The first-order valence-electron chi connectivity index (χ1n) is 8.36. The molecule has 0 spiro atoms. The Labute approximate surface area is 158 Å². The molecular formula is C20H22ClNO4. The summed E-state index contributed by atoms with van der Waals surface area (Å²) in [6.07, 6.45) is 0.340. The summed E-state index contributed by atoms with van der Waals surface area (Å²) >= 11 is 6.19. The molecule has 6 heteroatoms. The first-order chi connectivity index (χ1) is 12.6. The van der Waals surface area contributed by atoms with Crippen LogP contribution in [0.25, 0.3) is 0 Å².